The summed E-state index contributed by atoms with van der Waals surface area (Å²) in [5.74, 6) is 1.57. The van der Waals surface area contributed by atoms with E-state index >= 15 is 0 Å². The van der Waals surface area contributed by atoms with E-state index in [4.69, 9.17) is 9.72 Å². The van der Waals surface area contributed by atoms with Crippen molar-refractivity contribution >= 4 is 16.9 Å². The van der Waals surface area contributed by atoms with Gasteiger partial charge in [0.05, 0.1) is 23.6 Å². The molecule has 1 amide bonds. The van der Waals surface area contributed by atoms with Crippen LogP contribution >= 0.6 is 0 Å². The lowest BCUT2D eigenvalue weighted by Gasteiger charge is -2.17. The lowest BCUT2D eigenvalue weighted by molar-refractivity contribution is 0.0937. The van der Waals surface area contributed by atoms with Crippen molar-refractivity contribution in [2.24, 2.45) is 0 Å². The lowest BCUT2D eigenvalue weighted by atomic mass is 10.1. The van der Waals surface area contributed by atoms with Crippen LogP contribution in [0.15, 0.2) is 72.8 Å². The van der Waals surface area contributed by atoms with Gasteiger partial charge in [-0.05, 0) is 62.2 Å². The van der Waals surface area contributed by atoms with Crippen molar-refractivity contribution in [3.05, 3.63) is 95.3 Å². The molecule has 5 heteroatoms. The molecular formula is C27H29N3O2. The molecule has 0 fully saturated rings. The van der Waals surface area contributed by atoms with Gasteiger partial charge in [-0.3, -0.25) is 4.79 Å². The molecule has 1 atom stereocenters. The van der Waals surface area contributed by atoms with Crippen molar-refractivity contribution in [3.63, 3.8) is 0 Å². The number of nitrogens with one attached hydrogen (secondary N) is 1. The van der Waals surface area contributed by atoms with E-state index < -0.39 is 0 Å². The summed E-state index contributed by atoms with van der Waals surface area (Å²) in [6, 6.07) is 23.6. The number of nitrogens with zero attached hydrogens (tertiary/aromatic N) is 2. The molecule has 0 aliphatic carbocycles. The van der Waals surface area contributed by atoms with E-state index in [9.17, 15) is 4.79 Å². The minimum Gasteiger partial charge on any atom is -0.492 e. The maximum absolute atomic E-state index is 12.8. The molecule has 5 nitrogen and oxygen atoms in total. The number of aryl methyl sites for hydroxylation is 2. The van der Waals surface area contributed by atoms with Gasteiger partial charge in [-0.1, -0.05) is 48.9 Å². The first kappa shape index (κ1) is 21.6. The van der Waals surface area contributed by atoms with E-state index in [2.05, 4.69) is 35.0 Å². The first-order chi connectivity index (χ1) is 15.5. The summed E-state index contributed by atoms with van der Waals surface area (Å²) in [6.07, 6.45) is 1.01. The zero-order valence-electron chi connectivity index (χ0n) is 18.8. The first-order valence-electron chi connectivity index (χ1n) is 11.1. The summed E-state index contributed by atoms with van der Waals surface area (Å²) in [5, 5.41) is 3.10. The molecule has 0 saturated carbocycles. The van der Waals surface area contributed by atoms with Crippen LogP contribution in [-0.4, -0.2) is 22.1 Å². The smallest absolute Gasteiger partial charge is 0.251 e. The van der Waals surface area contributed by atoms with E-state index in [1.165, 1.54) is 5.56 Å². The van der Waals surface area contributed by atoms with Crippen molar-refractivity contribution in [2.75, 3.05) is 6.61 Å². The zero-order chi connectivity index (χ0) is 22.5. The Morgan fingerprint density at radius 1 is 1.06 bits per heavy atom. The fraction of sp³-hybridized carbons (Fsp3) is 0.259. The number of carbonyl (C=O) groups is 1. The van der Waals surface area contributed by atoms with Crippen LogP contribution < -0.4 is 10.1 Å². The van der Waals surface area contributed by atoms with Gasteiger partial charge in [0, 0.05) is 5.56 Å². The van der Waals surface area contributed by atoms with Crippen molar-refractivity contribution in [1.29, 1.82) is 0 Å². The largest absolute Gasteiger partial charge is 0.492 e. The van der Waals surface area contributed by atoms with E-state index in [1.54, 1.807) is 0 Å². The fourth-order valence-corrected chi connectivity index (χ4v) is 3.87. The van der Waals surface area contributed by atoms with E-state index in [1.807, 2.05) is 68.4 Å². The van der Waals surface area contributed by atoms with Crippen LogP contribution in [0, 0.1) is 6.92 Å². The molecule has 0 aliphatic rings. The zero-order valence-corrected chi connectivity index (χ0v) is 18.8. The highest BCUT2D eigenvalue weighted by Crippen LogP contribution is 2.22. The number of fused-ring (bicyclic) bond motifs is 1. The third-order valence-electron chi connectivity index (χ3n) is 5.61. The molecule has 0 bridgehead atoms. The summed E-state index contributed by atoms with van der Waals surface area (Å²) in [7, 11) is 0. The maximum Gasteiger partial charge on any atom is 0.251 e. The van der Waals surface area contributed by atoms with Crippen molar-refractivity contribution in [1.82, 2.24) is 14.9 Å². The Morgan fingerprint density at radius 2 is 1.84 bits per heavy atom. The predicted molar refractivity (Wildman–Crippen MR) is 128 cm³/mol. The topological polar surface area (TPSA) is 56.1 Å². The Labute approximate surface area is 189 Å². The number of benzene rings is 3. The summed E-state index contributed by atoms with van der Waals surface area (Å²) in [6.45, 7) is 7.24. The Morgan fingerprint density at radius 3 is 2.59 bits per heavy atom. The fourth-order valence-electron chi connectivity index (χ4n) is 3.87. The molecule has 1 aromatic heterocycles. The Kier molecular flexibility index (Phi) is 6.55. The van der Waals surface area contributed by atoms with Crippen LogP contribution in [0.2, 0.25) is 0 Å². The number of rotatable bonds is 8. The predicted octanol–water partition coefficient (Wildman–Crippen LogP) is 5.48. The number of para-hydroxylation sites is 2. The van der Waals surface area contributed by atoms with Crippen molar-refractivity contribution < 1.29 is 9.53 Å². The van der Waals surface area contributed by atoms with Crippen LogP contribution in [0.5, 0.6) is 5.75 Å². The highest BCUT2D eigenvalue weighted by atomic mass is 16.5. The monoisotopic (exact) mass is 427 g/mol. The van der Waals surface area contributed by atoms with Gasteiger partial charge in [0.15, 0.2) is 0 Å². The average Bonchev–Trinajstić information content (AvgIpc) is 3.18. The van der Waals surface area contributed by atoms with Gasteiger partial charge in [0.2, 0.25) is 0 Å². The van der Waals surface area contributed by atoms with Crippen molar-refractivity contribution in [3.8, 4) is 5.75 Å². The number of imidazole rings is 1. The van der Waals surface area contributed by atoms with Gasteiger partial charge in [-0.15, -0.1) is 0 Å². The molecule has 1 unspecified atom stereocenters. The summed E-state index contributed by atoms with van der Waals surface area (Å²) < 4.78 is 8.13. The van der Waals surface area contributed by atoms with E-state index in [0.29, 0.717) is 18.7 Å². The normalized spacial score (nSPS) is 12.0. The van der Waals surface area contributed by atoms with E-state index in [0.717, 1.165) is 34.6 Å². The highest BCUT2D eigenvalue weighted by Gasteiger charge is 2.19. The number of aromatic nitrogens is 2. The minimum absolute atomic E-state index is 0.105. The second-order valence-electron chi connectivity index (χ2n) is 8.02. The summed E-state index contributed by atoms with van der Waals surface area (Å²) >= 11 is 0. The Hall–Kier alpha value is -3.60. The van der Waals surface area contributed by atoms with Gasteiger partial charge >= 0.3 is 0 Å². The molecule has 4 aromatic rings. The second-order valence-corrected chi connectivity index (χ2v) is 8.02. The Balaban J connectivity index is 1.52. The molecule has 0 aliphatic heterocycles. The van der Waals surface area contributed by atoms with Gasteiger partial charge in [-0.2, -0.15) is 0 Å². The number of amides is 1. The second kappa shape index (κ2) is 9.69. The van der Waals surface area contributed by atoms with Gasteiger partial charge < -0.3 is 14.6 Å². The molecule has 3 aromatic carbocycles. The quantitative estimate of drug-likeness (QED) is 0.405. The van der Waals surface area contributed by atoms with Crippen LogP contribution in [-0.2, 0) is 13.0 Å². The van der Waals surface area contributed by atoms with Crippen LogP contribution in [0.1, 0.15) is 47.2 Å². The molecular weight excluding hydrogens is 398 g/mol. The van der Waals surface area contributed by atoms with Crippen molar-refractivity contribution in [2.45, 2.75) is 39.8 Å². The SMILES string of the molecule is CCc1ccc(OCCn2c(C(C)NC(=O)c3cccc(C)c3)nc3ccccc32)cc1. The molecule has 0 saturated heterocycles. The number of hydrogen-bond donors (Lipinski definition) is 1. The van der Waals surface area contributed by atoms with Gasteiger partial charge in [0.25, 0.3) is 5.91 Å². The summed E-state index contributed by atoms with van der Waals surface area (Å²) in [5.41, 5.74) is 4.94. The summed E-state index contributed by atoms with van der Waals surface area (Å²) in [4.78, 5) is 17.6. The van der Waals surface area contributed by atoms with E-state index in [-0.39, 0.29) is 11.9 Å². The van der Waals surface area contributed by atoms with Gasteiger partial charge in [0.1, 0.15) is 18.2 Å². The molecule has 164 valence electrons. The molecule has 0 spiro atoms. The standard InChI is InChI=1S/C27H29N3O2/c1-4-21-12-14-23(15-13-21)32-17-16-30-25-11-6-5-10-24(25)29-26(30)20(3)28-27(31)22-9-7-8-19(2)18-22/h5-15,18,20H,4,16-17H2,1-3H3,(H,28,31). The average molecular weight is 428 g/mol. The van der Waals surface area contributed by atoms with Gasteiger partial charge in [-0.25, -0.2) is 4.98 Å². The first-order valence-corrected chi connectivity index (χ1v) is 11.1. The lowest BCUT2D eigenvalue weighted by Crippen LogP contribution is -2.29. The number of carbonyl (C=O) groups excluding carboxylic acids is 1. The molecule has 0 radical (unpaired) electrons. The molecule has 32 heavy (non-hydrogen) atoms. The number of hydrogen-bond acceptors (Lipinski definition) is 3. The minimum atomic E-state index is -0.251. The molecule has 1 N–H and O–H groups in total. The maximum atomic E-state index is 12.8. The van der Waals surface area contributed by atoms with Crippen LogP contribution in [0.3, 0.4) is 0 Å². The van der Waals surface area contributed by atoms with Crippen LogP contribution in [0.4, 0.5) is 0 Å². The molecule has 1 heterocycles. The van der Waals surface area contributed by atoms with Crippen LogP contribution in [0.25, 0.3) is 11.0 Å². The Bertz CT molecular complexity index is 1210. The third kappa shape index (κ3) is 4.83. The number of ether oxygens (including phenoxy) is 1. The highest BCUT2D eigenvalue weighted by molar-refractivity contribution is 5.94. The third-order valence-corrected chi connectivity index (χ3v) is 5.61. The molecule has 4 rings (SSSR count).